The molecule has 1 heterocycles. The number of hydrogen-bond donors (Lipinski definition) is 0. The van der Waals surface area contributed by atoms with E-state index in [1.54, 1.807) is 0 Å². The van der Waals surface area contributed by atoms with Crippen LogP contribution in [-0.2, 0) is 0 Å². The molecule has 102 valence electrons. The first-order chi connectivity index (χ1) is 9.79. The summed E-state index contributed by atoms with van der Waals surface area (Å²) >= 11 is 0. The third-order valence-electron chi connectivity index (χ3n) is 4.29. The summed E-state index contributed by atoms with van der Waals surface area (Å²) in [5, 5.41) is 12.1. The van der Waals surface area contributed by atoms with Gasteiger partial charge < -0.3 is 0 Å². The van der Waals surface area contributed by atoms with Crippen molar-refractivity contribution >= 4 is 10.8 Å². The third kappa shape index (κ3) is 2.42. The fourth-order valence-electron chi connectivity index (χ4n) is 3.30. The number of nitriles is 1. The molecule has 2 atom stereocenters. The molecule has 1 saturated heterocycles. The molecule has 2 nitrogen and oxygen atoms in total. The van der Waals surface area contributed by atoms with E-state index in [1.807, 2.05) is 0 Å². The predicted octanol–water partition coefficient (Wildman–Crippen LogP) is 4.14. The van der Waals surface area contributed by atoms with Gasteiger partial charge in [0.05, 0.1) is 6.07 Å². The minimum atomic E-state index is -0.121. The Hall–Kier alpha value is -1.85. The SMILES string of the molecule is CC1CCCN(C(C#N)c2cccc3ccccc23)C1. The minimum Gasteiger partial charge on any atom is -0.284 e. The molecule has 3 rings (SSSR count). The lowest BCUT2D eigenvalue weighted by molar-refractivity contribution is 0.157. The second-order valence-corrected chi connectivity index (χ2v) is 5.84. The van der Waals surface area contributed by atoms with E-state index in [9.17, 15) is 5.26 Å². The van der Waals surface area contributed by atoms with Gasteiger partial charge in [-0.25, -0.2) is 0 Å². The van der Waals surface area contributed by atoms with Crippen LogP contribution in [0, 0.1) is 17.2 Å². The zero-order valence-electron chi connectivity index (χ0n) is 11.9. The highest BCUT2D eigenvalue weighted by molar-refractivity contribution is 5.86. The molecule has 0 N–H and O–H groups in total. The van der Waals surface area contributed by atoms with Crippen molar-refractivity contribution in [3.8, 4) is 6.07 Å². The maximum atomic E-state index is 9.69. The van der Waals surface area contributed by atoms with Crippen molar-refractivity contribution in [3.05, 3.63) is 48.0 Å². The quantitative estimate of drug-likeness (QED) is 0.815. The molecule has 0 spiro atoms. The summed E-state index contributed by atoms with van der Waals surface area (Å²) in [6, 6.07) is 17.0. The van der Waals surface area contributed by atoms with Crippen molar-refractivity contribution in [3.63, 3.8) is 0 Å². The summed E-state index contributed by atoms with van der Waals surface area (Å²) in [5.41, 5.74) is 1.15. The average molecular weight is 264 g/mol. The van der Waals surface area contributed by atoms with Crippen molar-refractivity contribution in [1.29, 1.82) is 5.26 Å². The van der Waals surface area contributed by atoms with Crippen molar-refractivity contribution in [1.82, 2.24) is 4.90 Å². The average Bonchev–Trinajstić information content (AvgIpc) is 2.48. The van der Waals surface area contributed by atoms with Crippen LogP contribution in [0.2, 0.25) is 0 Å². The Bertz CT molecular complexity index is 636. The largest absolute Gasteiger partial charge is 0.284 e. The molecule has 2 aromatic rings. The Kier molecular flexibility index (Phi) is 3.71. The third-order valence-corrected chi connectivity index (χ3v) is 4.29. The van der Waals surface area contributed by atoms with Crippen LogP contribution >= 0.6 is 0 Å². The number of nitrogens with zero attached hydrogens (tertiary/aromatic N) is 2. The van der Waals surface area contributed by atoms with E-state index in [1.165, 1.54) is 23.6 Å². The van der Waals surface area contributed by atoms with Gasteiger partial charge in [0, 0.05) is 6.54 Å². The Morgan fingerprint density at radius 1 is 1.20 bits per heavy atom. The molecule has 2 unspecified atom stereocenters. The predicted molar refractivity (Wildman–Crippen MR) is 82.3 cm³/mol. The molecule has 0 radical (unpaired) electrons. The summed E-state index contributed by atoms with van der Waals surface area (Å²) in [6.45, 7) is 4.34. The molecular formula is C18H20N2. The number of rotatable bonds is 2. The van der Waals surface area contributed by atoms with Crippen LogP contribution in [0.25, 0.3) is 10.8 Å². The van der Waals surface area contributed by atoms with Gasteiger partial charge in [0.15, 0.2) is 0 Å². The number of fused-ring (bicyclic) bond motifs is 1. The maximum absolute atomic E-state index is 9.69. The van der Waals surface area contributed by atoms with E-state index in [0.717, 1.165) is 18.7 Å². The zero-order chi connectivity index (χ0) is 13.9. The van der Waals surface area contributed by atoms with Gasteiger partial charge in [0.1, 0.15) is 6.04 Å². The molecule has 0 aromatic heterocycles. The zero-order valence-corrected chi connectivity index (χ0v) is 11.9. The van der Waals surface area contributed by atoms with Crippen molar-refractivity contribution in [2.75, 3.05) is 13.1 Å². The molecule has 20 heavy (non-hydrogen) atoms. The highest BCUT2D eigenvalue weighted by atomic mass is 15.2. The van der Waals surface area contributed by atoms with Gasteiger partial charge in [-0.15, -0.1) is 0 Å². The number of hydrogen-bond acceptors (Lipinski definition) is 2. The van der Waals surface area contributed by atoms with E-state index in [4.69, 9.17) is 0 Å². The fraction of sp³-hybridized carbons (Fsp3) is 0.389. The molecule has 1 fully saturated rings. The Labute approximate surface area is 120 Å². The molecule has 0 saturated carbocycles. The Morgan fingerprint density at radius 2 is 2.00 bits per heavy atom. The van der Waals surface area contributed by atoms with Gasteiger partial charge in [-0.3, -0.25) is 4.90 Å². The highest BCUT2D eigenvalue weighted by Crippen LogP contribution is 2.30. The standard InChI is InChI=1S/C18H20N2/c1-14-6-5-11-20(13-14)18(12-19)17-10-4-8-15-7-2-3-9-16(15)17/h2-4,7-10,14,18H,5-6,11,13H2,1H3. The van der Waals surface area contributed by atoms with E-state index >= 15 is 0 Å². The molecule has 0 aliphatic carbocycles. The van der Waals surface area contributed by atoms with E-state index in [2.05, 4.69) is 60.4 Å². The second-order valence-electron chi connectivity index (χ2n) is 5.84. The smallest absolute Gasteiger partial charge is 0.124 e. The highest BCUT2D eigenvalue weighted by Gasteiger charge is 2.25. The first kappa shape index (κ1) is 13.1. The Morgan fingerprint density at radius 3 is 2.80 bits per heavy atom. The minimum absolute atomic E-state index is 0.121. The summed E-state index contributed by atoms with van der Waals surface area (Å²) in [5.74, 6) is 0.689. The van der Waals surface area contributed by atoms with Crippen LogP contribution in [0.3, 0.4) is 0 Å². The topological polar surface area (TPSA) is 27.0 Å². The molecule has 0 bridgehead atoms. The van der Waals surface area contributed by atoms with Gasteiger partial charge in [0.2, 0.25) is 0 Å². The normalized spacial score (nSPS) is 21.5. The monoisotopic (exact) mass is 264 g/mol. The first-order valence-corrected chi connectivity index (χ1v) is 7.41. The summed E-state index contributed by atoms with van der Waals surface area (Å²) in [7, 11) is 0. The van der Waals surface area contributed by atoms with E-state index < -0.39 is 0 Å². The van der Waals surface area contributed by atoms with Crippen LogP contribution in [0.1, 0.15) is 31.4 Å². The van der Waals surface area contributed by atoms with Crippen LogP contribution in [-0.4, -0.2) is 18.0 Å². The molecule has 2 aromatic carbocycles. The lowest BCUT2D eigenvalue weighted by Gasteiger charge is -2.34. The van der Waals surface area contributed by atoms with Gasteiger partial charge >= 0.3 is 0 Å². The number of piperidine rings is 1. The molecular weight excluding hydrogens is 244 g/mol. The second kappa shape index (κ2) is 5.64. The van der Waals surface area contributed by atoms with Gasteiger partial charge in [-0.2, -0.15) is 5.26 Å². The summed E-state index contributed by atoms with van der Waals surface area (Å²) in [4.78, 5) is 2.34. The van der Waals surface area contributed by atoms with Crippen molar-refractivity contribution < 1.29 is 0 Å². The molecule has 1 aliphatic rings. The maximum Gasteiger partial charge on any atom is 0.124 e. The van der Waals surface area contributed by atoms with E-state index in [-0.39, 0.29) is 6.04 Å². The van der Waals surface area contributed by atoms with Gasteiger partial charge in [-0.05, 0) is 41.6 Å². The van der Waals surface area contributed by atoms with Crippen LogP contribution < -0.4 is 0 Å². The van der Waals surface area contributed by atoms with Gasteiger partial charge in [0.25, 0.3) is 0 Å². The molecule has 2 heteroatoms. The van der Waals surface area contributed by atoms with Crippen LogP contribution in [0.4, 0.5) is 0 Å². The lowest BCUT2D eigenvalue weighted by Crippen LogP contribution is -2.36. The first-order valence-electron chi connectivity index (χ1n) is 7.41. The fourth-order valence-corrected chi connectivity index (χ4v) is 3.30. The number of likely N-dealkylation sites (tertiary alicyclic amines) is 1. The molecule has 1 aliphatic heterocycles. The molecule has 0 amide bonds. The summed E-state index contributed by atoms with van der Waals surface area (Å²) in [6.07, 6.45) is 2.48. The number of benzene rings is 2. The van der Waals surface area contributed by atoms with Gasteiger partial charge in [-0.1, -0.05) is 49.4 Å². The summed E-state index contributed by atoms with van der Waals surface area (Å²) < 4.78 is 0. The van der Waals surface area contributed by atoms with Crippen molar-refractivity contribution in [2.24, 2.45) is 5.92 Å². The Balaban J connectivity index is 2.01. The van der Waals surface area contributed by atoms with Crippen LogP contribution in [0.5, 0.6) is 0 Å². The van der Waals surface area contributed by atoms with Crippen molar-refractivity contribution in [2.45, 2.75) is 25.8 Å². The lowest BCUT2D eigenvalue weighted by atomic mass is 9.94. The van der Waals surface area contributed by atoms with E-state index in [0.29, 0.717) is 5.92 Å². The van der Waals surface area contributed by atoms with Crippen LogP contribution in [0.15, 0.2) is 42.5 Å².